The van der Waals surface area contributed by atoms with Crippen LogP contribution in [-0.2, 0) is 0 Å². The van der Waals surface area contributed by atoms with Gasteiger partial charge in [0, 0.05) is 11.1 Å². The largest absolute Gasteiger partial charge is 0.506 e. The number of fused-ring (bicyclic) bond motifs is 1. The van der Waals surface area contributed by atoms with Crippen LogP contribution in [0.2, 0.25) is 5.02 Å². The summed E-state index contributed by atoms with van der Waals surface area (Å²) in [5, 5.41) is 23.9. The zero-order chi connectivity index (χ0) is 18.7. The number of nitrogens with one attached hydrogen (secondary N) is 1. The Bertz CT molecular complexity index is 1050. The van der Waals surface area contributed by atoms with Gasteiger partial charge in [-0.05, 0) is 35.0 Å². The summed E-state index contributed by atoms with van der Waals surface area (Å²) >= 11 is 5.78. The quantitative estimate of drug-likeness (QED) is 0.483. The Morgan fingerprint density at radius 3 is 2.46 bits per heavy atom. The molecule has 0 unspecified atom stereocenters. The number of amides is 1. The van der Waals surface area contributed by atoms with Crippen LogP contribution in [0.15, 0.2) is 59.7 Å². The highest BCUT2D eigenvalue weighted by Crippen LogP contribution is 2.24. The molecular formula is C19H13ClN2O4. The minimum atomic E-state index is -1.01. The fourth-order valence-electron chi connectivity index (χ4n) is 2.49. The molecule has 0 heterocycles. The fourth-order valence-corrected chi connectivity index (χ4v) is 2.68. The highest BCUT2D eigenvalue weighted by Gasteiger charge is 2.10. The predicted octanol–water partition coefficient (Wildman–Crippen LogP) is 3.66. The molecule has 0 bridgehead atoms. The van der Waals surface area contributed by atoms with Gasteiger partial charge < -0.3 is 10.2 Å². The third-order valence-electron chi connectivity index (χ3n) is 3.77. The highest BCUT2D eigenvalue weighted by atomic mass is 35.5. The van der Waals surface area contributed by atoms with E-state index in [9.17, 15) is 19.8 Å². The molecule has 0 aliphatic rings. The SMILES string of the molecule is O=C(N/N=C/c1ccc(C(=O)O)c2ccccc12)c1ccc(O)c(Cl)c1. The summed E-state index contributed by atoms with van der Waals surface area (Å²) in [5.74, 6) is -1.62. The number of phenols is 1. The number of carboxylic acid groups (broad SMARTS) is 1. The number of aromatic carboxylic acids is 1. The number of aromatic hydroxyl groups is 1. The molecule has 0 saturated heterocycles. The van der Waals surface area contributed by atoms with Gasteiger partial charge in [0.15, 0.2) is 0 Å². The molecular weight excluding hydrogens is 356 g/mol. The molecule has 1 amide bonds. The summed E-state index contributed by atoms with van der Waals surface area (Å²) in [6.07, 6.45) is 1.44. The van der Waals surface area contributed by atoms with Crippen LogP contribution in [0.3, 0.4) is 0 Å². The zero-order valence-electron chi connectivity index (χ0n) is 13.3. The molecule has 0 aliphatic carbocycles. The average molecular weight is 369 g/mol. The van der Waals surface area contributed by atoms with Crippen molar-refractivity contribution >= 4 is 40.5 Å². The maximum atomic E-state index is 12.1. The van der Waals surface area contributed by atoms with Crippen molar-refractivity contribution in [3.63, 3.8) is 0 Å². The van der Waals surface area contributed by atoms with Gasteiger partial charge in [-0.3, -0.25) is 4.79 Å². The number of hydrogen-bond donors (Lipinski definition) is 3. The van der Waals surface area contributed by atoms with Crippen molar-refractivity contribution in [3.05, 3.63) is 76.3 Å². The molecule has 0 aromatic heterocycles. The van der Waals surface area contributed by atoms with Crippen molar-refractivity contribution in [1.82, 2.24) is 5.43 Å². The van der Waals surface area contributed by atoms with Gasteiger partial charge in [-0.25, -0.2) is 10.2 Å². The van der Waals surface area contributed by atoms with Gasteiger partial charge in [0.2, 0.25) is 0 Å². The topological polar surface area (TPSA) is 99.0 Å². The zero-order valence-corrected chi connectivity index (χ0v) is 14.1. The molecule has 0 spiro atoms. The molecule has 0 radical (unpaired) electrons. The lowest BCUT2D eigenvalue weighted by Gasteiger charge is -2.06. The number of carboxylic acids is 1. The highest BCUT2D eigenvalue weighted by molar-refractivity contribution is 6.32. The first kappa shape index (κ1) is 17.4. The lowest BCUT2D eigenvalue weighted by molar-refractivity contribution is 0.0698. The van der Waals surface area contributed by atoms with Crippen molar-refractivity contribution < 1.29 is 19.8 Å². The second-order valence-corrected chi connectivity index (χ2v) is 5.83. The fraction of sp³-hybridized carbons (Fsp3) is 0. The molecule has 3 N–H and O–H groups in total. The van der Waals surface area contributed by atoms with Crippen LogP contribution in [-0.4, -0.2) is 28.3 Å². The van der Waals surface area contributed by atoms with Crippen LogP contribution < -0.4 is 5.43 Å². The lowest BCUT2D eigenvalue weighted by Crippen LogP contribution is -2.17. The third-order valence-corrected chi connectivity index (χ3v) is 4.07. The van der Waals surface area contributed by atoms with Gasteiger partial charge in [0.25, 0.3) is 5.91 Å². The van der Waals surface area contributed by atoms with E-state index in [1.165, 1.54) is 30.5 Å². The molecule has 3 aromatic rings. The van der Waals surface area contributed by atoms with Gasteiger partial charge in [0.05, 0.1) is 16.8 Å². The Morgan fingerprint density at radius 2 is 1.77 bits per heavy atom. The summed E-state index contributed by atoms with van der Waals surface area (Å²) in [6, 6.07) is 14.2. The van der Waals surface area contributed by atoms with Crippen molar-refractivity contribution in [1.29, 1.82) is 0 Å². The van der Waals surface area contributed by atoms with E-state index in [4.69, 9.17) is 11.6 Å². The number of hydrogen-bond acceptors (Lipinski definition) is 4. The molecule has 6 nitrogen and oxygen atoms in total. The molecule has 3 rings (SSSR count). The van der Waals surface area contributed by atoms with Crippen LogP contribution in [0, 0.1) is 0 Å². The van der Waals surface area contributed by atoms with Crippen molar-refractivity contribution in [2.24, 2.45) is 5.10 Å². The van der Waals surface area contributed by atoms with Gasteiger partial charge in [-0.2, -0.15) is 5.10 Å². The number of carbonyl (C=O) groups excluding carboxylic acids is 1. The van der Waals surface area contributed by atoms with Gasteiger partial charge in [0.1, 0.15) is 5.75 Å². The van der Waals surface area contributed by atoms with Crippen molar-refractivity contribution in [3.8, 4) is 5.75 Å². The first-order chi connectivity index (χ1) is 12.5. The van der Waals surface area contributed by atoms with Gasteiger partial charge in [-0.15, -0.1) is 0 Å². The summed E-state index contributed by atoms with van der Waals surface area (Å²) in [6.45, 7) is 0. The minimum absolute atomic E-state index is 0.0666. The Hall–Kier alpha value is -3.38. The number of nitrogens with zero attached hydrogens (tertiary/aromatic N) is 1. The Kier molecular flexibility index (Phi) is 4.86. The number of halogens is 1. The van der Waals surface area contributed by atoms with Crippen LogP contribution in [0.4, 0.5) is 0 Å². The van der Waals surface area contributed by atoms with E-state index in [0.717, 1.165) is 0 Å². The molecule has 0 saturated carbocycles. The molecule has 130 valence electrons. The smallest absolute Gasteiger partial charge is 0.336 e. The van der Waals surface area contributed by atoms with Crippen LogP contribution in [0.1, 0.15) is 26.3 Å². The summed E-state index contributed by atoms with van der Waals surface area (Å²) < 4.78 is 0. The van der Waals surface area contributed by atoms with Crippen molar-refractivity contribution in [2.45, 2.75) is 0 Å². The number of rotatable bonds is 4. The van der Waals surface area contributed by atoms with E-state index in [0.29, 0.717) is 16.3 Å². The van der Waals surface area contributed by atoms with E-state index in [-0.39, 0.29) is 21.9 Å². The van der Waals surface area contributed by atoms with E-state index >= 15 is 0 Å². The standard InChI is InChI=1S/C19H13ClN2O4/c20-16-9-11(6-8-17(16)23)18(24)22-21-10-12-5-7-15(19(25)26)14-4-2-1-3-13(12)14/h1-10,23H,(H,22,24)(H,25,26)/b21-10+. The lowest BCUT2D eigenvalue weighted by atomic mass is 10.0. The van der Waals surface area contributed by atoms with E-state index in [2.05, 4.69) is 10.5 Å². The molecule has 26 heavy (non-hydrogen) atoms. The number of hydrazone groups is 1. The maximum Gasteiger partial charge on any atom is 0.336 e. The molecule has 0 fully saturated rings. The number of carbonyl (C=O) groups is 2. The normalized spacial score (nSPS) is 11.0. The first-order valence-electron chi connectivity index (χ1n) is 7.54. The van der Waals surface area contributed by atoms with E-state index in [1.54, 1.807) is 30.3 Å². The van der Waals surface area contributed by atoms with Gasteiger partial charge >= 0.3 is 5.97 Å². The summed E-state index contributed by atoms with van der Waals surface area (Å²) in [7, 11) is 0. The Morgan fingerprint density at radius 1 is 1.04 bits per heavy atom. The molecule has 3 aromatic carbocycles. The summed E-state index contributed by atoms with van der Waals surface area (Å²) in [4.78, 5) is 23.4. The van der Waals surface area contributed by atoms with E-state index in [1.807, 2.05) is 0 Å². The minimum Gasteiger partial charge on any atom is -0.506 e. The number of phenolic OH excluding ortho intramolecular Hbond substituents is 1. The van der Waals surface area contributed by atoms with Crippen LogP contribution in [0.25, 0.3) is 10.8 Å². The number of benzene rings is 3. The molecule has 0 aliphatic heterocycles. The van der Waals surface area contributed by atoms with Crippen LogP contribution >= 0.6 is 11.6 Å². The Labute approximate surface area is 153 Å². The van der Waals surface area contributed by atoms with Crippen LogP contribution in [0.5, 0.6) is 5.75 Å². The van der Waals surface area contributed by atoms with Crippen molar-refractivity contribution in [2.75, 3.05) is 0 Å². The van der Waals surface area contributed by atoms with Gasteiger partial charge in [-0.1, -0.05) is 41.9 Å². The first-order valence-corrected chi connectivity index (χ1v) is 7.92. The second kappa shape index (κ2) is 7.25. The monoisotopic (exact) mass is 368 g/mol. The predicted molar refractivity (Wildman–Crippen MR) is 99.1 cm³/mol. The van der Waals surface area contributed by atoms with E-state index < -0.39 is 11.9 Å². The Balaban J connectivity index is 1.85. The summed E-state index contributed by atoms with van der Waals surface area (Å²) in [5.41, 5.74) is 3.47. The molecule has 7 heteroatoms. The molecule has 0 atom stereocenters. The third kappa shape index (κ3) is 3.50. The average Bonchev–Trinajstić information content (AvgIpc) is 2.63. The maximum absolute atomic E-state index is 12.1. The second-order valence-electron chi connectivity index (χ2n) is 5.42.